The Balaban J connectivity index is 6.35. The van der Waals surface area contributed by atoms with Crippen molar-refractivity contribution >= 4 is 15.9 Å². The molecule has 0 spiro atoms. The number of rotatable bonds is 3. The van der Waals surface area contributed by atoms with Gasteiger partial charge in [0.1, 0.15) is 0 Å². The molecule has 0 heterocycles. The van der Waals surface area contributed by atoms with Crippen LogP contribution in [0.25, 0.3) is 0 Å². The molecular formula is C6BrF13O. The van der Waals surface area contributed by atoms with Gasteiger partial charge in [0.05, 0.1) is 0 Å². The lowest BCUT2D eigenvalue weighted by molar-refractivity contribution is -0.510. The van der Waals surface area contributed by atoms with Gasteiger partial charge >= 0.3 is 35.1 Å². The molecule has 0 aliphatic rings. The Morgan fingerprint density at radius 1 is 0.524 bits per heavy atom. The summed E-state index contributed by atoms with van der Waals surface area (Å²) >= 11 is 0.643. The lowest BCUT2D eigenvalue weighted by atomic mass is 10.0. The van der Waals surface area contributed by atoms with Gasteiger partial charge in [-0.1, -0.05) is 0 Å². The molecular weight excluding hydrogens is 415 g/mol. The molecule has 0 amide bonds. The Kier molecular flexibility index (Phi) is 4.91. The molecule has 21 heavy (non-hydrogen) atoms. The summed E-state index contributed by atoms with van der Waals surface area (Å²) in [6.07, 6.45) is -29.4. The fourth-order valence-corrected chi connectivity index (χ4v) is 0.987. The topological polar surface area (TPSA) is 9.23 Å². The predicted molar refractivity (Wildman–Crippen MR) is 40.8 cm³/mol. The summed E-state index contributed by atoms with van der Waals surface area (Å²) in [6.45, 7) is 0. The maximum atomic E-state index is 12.5. The molecule has 0 aromatic carbocycles. The van der Waals surface area contributed by atoms with Gasteiger partial charge in [0.15, 0.2) is 0 Å². The summed E-state index contributed by atoms with van der Waals surface area (Å²) in [7, 11) is 0. The van der Waals surface area contributed by atoms with Crippen molar-refractivity contribution in [1.82, 2.24) is 0 Å². The van der Waals surface area contributed by atoms with Gasteiger partial charge in [-0.05, 0) is 0 Å². The first-order valence-corrected chi connectivity index (χ1v) is 4.85. The number of halogens is 14. The van der Waals surface area contributed by atoms with E-state index in [1.54, 1.807) is 4.74 Å². The van der Waals surface area contributed by atoms with Crippen molar-refractivity contribution in [3.8, 4) is 0 Å². The van der Waals surface area contributed by atoms with Crippen molar-refractivity contribution in [2.24, 2.45) is 0 Å². The van der Waals surface area contributed by atoms with E-state index in [0.717, 1.165) is 0 Å². The van der Waals surface area contributed by atoms with Crippen molar-refractivity contribution in [2.45, 2.75) is 35.1 Å². The van der Waals surface area contributed by atoms with Crippen molar-refractivity contribution in [2.75, 3.05) is 0 Å². The average molecular weight is 415 g/mol. The largest absolute Gasteiger partial charge is 0.436 e. The van der Waals surface area contributed by atoms with E-state index < -0.39 is 35.1 Å². The van der Waals surface area contributed by atoms with Gasteiger partial charge in [0.25, 0.3) is 0 Å². The first-order chi connectivity index (χ1) is 8.71. The molecule has 0 saturated heterocycles. The molecule has 0 unspecified atom stereocenters. The smallest absolute Gasteiger partial charge is 0.282 e. The summed E-state index contributed by atoms with van der Waals surface area (Å²) < 4.78 is 160. The van der Waals surface area contributed by atoms with Crippen LogP contribution in [0, 0.1) is 0 Å². The van der Waals surface area contributed by atoms with Crippen LogP contribution in [0.15, 0.2) is 0 Å². The second-order valence-electron chi connectivity index (χ2n) is 3.29. The van der Waals surface area contributed by atoms with E-state index in [2.05, 4.69) is 0 Å². The second kappa shape index (κ2) is 5.03. The standard InChI is InChI=1S/C6BrF13O/c7-2(8,9)6(19,20)21-1(3(10,11)12,4(13,14)15)5(16,17)18. The Morgan fingerprint density at radius 2 is 0.762 bits per heavy atom. The van der Waals surface area contributed by atoms with E-state index in [9.17, 15) is 57.1 Å². The summed E-state index contributed by atoms with van der Waals surface area (Å²) in [6, 6.07) is 0. The van der Waals surface area contributed by atoms with Gasteiger partial charge in [0.2, 0.25) is 0 Å². The first-order valence-electron chi connectivity index (χ1n) is 4.05. The lowest BCUT2D eigenvalue weighted by Gasteiger charge is -2.40. The zero-order valence-corrected chi connectivity index (χ0v) is 10.3. The van der Waals surface area contributed by atoms with E-state index in [4.69, 9.17) is 0 Å². The fourth-order valence-electron chi connectivity index (χ4n) is 0.906. The molecule has 128 valence electrons. The highest BCUT2D eigenvalue weighted by molar-refractivity contribution is 9.10. The average Bonchev–Trinajstić information content (AvgIpc) is 2.05. The van der Waals surface area contributed by atoms with Crippen molar-refractivity contribution in [3.63, 3.8) is 0 Å². The maximum Gasteiger partial charge on any atom is 0.436 e. The van der Waals surface area contributed by atoms with E-state index >= 15 is 0 Å². The zero-order chi connectivity index (χ0) is 17.7. The van der Waals surface area contributed by atoms with Crippen LogP contribution in [0.2, 0.25) is 0 Å². The minimum atomic E-state index is -7.55. The Bertz CT molecular complexity index is 334. The summed E-state index contributed by atoms with van der Waals surface area (Å²) in [5.74, 6) is 0. The summed E-state index contributed by atoms with van der Waals surface area (Å²) in [4.78, 5) is -5.94. The number of ether oxygens (including phenoxy) is 1. The summed E-state index contributed by atoms with van der Waals surface area (Å²) in [5.41, 5.74) is -7.51. The van der Waals surface area contributed by atoms with Gasteiger partial charge in [-0.3, -0.25) is 4.74 Å². The lowest BCUT2D eigenvalue weighted by Crippen LogP contribution is -2.70. The van der Waals surface area contributed by atoms with Crippen LogP contribution >= 0.6 is 15.9 Å². The van der Waals surface area contributed by atoms with Crippen LogP contribution in [-0.2, 0) is 4.74 Å². The molecule has 0 bridgehead atoms. The predicted octanol–water partition coefficient (Wildman–Crippen LogP) is 5.01. The minimum Gasteiger partial charge on any atom is -0.282 e. The zero-order valence-electron chi connectivity index (χ0n) is 8.70. The molecule has 15 heteroatoms. The number of hydrogen-bond acceptors (Lipinski definition) is 1. The SMILES string of the molecule is FC(F)(F)C(OC(F)(F)C(F)(F)Br)(C(F)(F)F)C(F)(F)F. The van der Waals surface area contributed by atoms with Gasteiger partial charge in [-0.25, -0.2) is 0 Å². The molecule has 0 aliphatic carbocycles. The fraction of sp³-hybridized carbons (Fsp3) is 1.00. The Morgan fingerprint density at radius 3 is 0.905 bits per heavy atom. The van der Waals surface area contributed by atoms with Gasteiger partial charge in [0, 0.05) is 15.9 Å². The molecule has 0 radical (unpaired) electrons. The van der Waals surface area contributed by atoms with Gasteiger partial charge in [-0.2, -0.15) is 57.1 Å². The Hall–Kier alpha value is -0.470. The first kappa shape index (κ1) is 20.5. The maximum absolute atomic E-state index is 12.5. The highest BCUT2D eigenvalue weighted by Gasteiger charge is 2.88. The van der Waals surface area contributed by atoms with Crippen LogP contribution in [0.1, 0.15) is 0 Å². The molecule has 0 aromatic rings. The van der Waals surface area contributed by atoms with E-state index in [-0.39, 0.29) is 0 Å². The van der Waals surface area contributed by atoms with Crippen molar-refractivity contribution in [3.05, 3.63) is 0 Å². The van der Waals surface area contributed by atoms with E-state index in [0.29, 0.717) is 15.9 Å². The van der Waals surface area contributed by atoms with Crippen LogP contribution in [0.5, 0.6) is 0 Å². The molecule has 0 saturated carbocycles. The molecule has 0 atom stereocenters. The van der Waals surface area contributed by atoms with E-state index in [1.807, 2.05) is 0 Å². The Labute approximate surface area is 114 Å². The molecule has 0 rings (SSSR count). The third kappa shape index (κ3) is 3.48. The highest BCUT2D eigenvalue weighted by Crippen LogP contribution is 2.58. The van der Waals surface area contributed by atoms with Crippen molar-refractivity contribution < 1.29 is 61.8 Å². The van der Waals surface area contributed by atoms with Crippen LogP contribution in [0.4, 0.5) is 57.1 Å². The third-order valence-electron chi connectivity index (χ3n) is 1.81. The van der Waals surface area contributed by atoms with Crippen molar-refractivity contribution in [1.29, 1.82) is 0 Å². The second-order valence-corrected chi connectivity index (χ2v) is 4.29. The van der Waals surface area contributed by atoms with Crippen LogP contribution in [-0.4, -0.2) is 35.1 Å². The van der Waals surface area contributed by atoms with Crippen LogP contribution < -0.4 is 0 Å². The summed E-state index contributed by atoms with van der Waals surface area (Å²) in [5, 5.41) is 0. The molecule has 1 nitrogen and oxygen atoms in total. The monoisotopic (exact) mass is 414 g/mol. The van der Waals surface area contributed by atoms with Crippen LogP contribution in [0.3, 0.4) is 0 Å². The number of alkyl halides is 14. The molecule has 0 aromatic heterocycles. The van der Waals surface area contributed by atoms with Gasteiger partial charge in [-0.15, -0.1) is 0 Å². The normalized spacial score (nSPS) is 16.3. The highest BCUT2D eigenvalue weighted by atomic mass is 79.9. The van der Waals surface area contributed by atoms with Gasteiger partial charge < -0.3 is 0 Å². The molecule has 0 fully saturated rings. The quantitative estimate of drug-likeness (QED) is 0.466. The molecule has 0 N–H and O–H groups in total. The molecule has 0 aliphatic heterocycles. The number of hydrogen-bond donors (Lipinski definition) is 0. The third-order valence-corrected chi connectivity index (χ3v) is 2.27. The minimum absolute atomic E-state index is 0.643. The van der Waals surface area contributed by atoms with E-state index in [1.165, 1.54) is 0 Å².